The maximum atomic E-state index is 12.6. The van der Waals surface area contributed by atoms with Gasteiger partial charge in [0.05, 0.1) is 6.54 Å². The summed E-state index contributed by atoms with van der Waals surface area (Å²) in [5.41, 5.74) is 2.16. The summed E-state index contributed by atoms with van der Waals surface area (Å²) >= 11 is 3.42. The number of nitrogens with one attached hydrogen (secondary N) is 1. The second-order valence-corrected chi connectivity index (χ2v) is 6.65. The van der Waals surface area contributed by atoms with E-state index in [0.717, 1.165) is 10.0 Å². The molecule has 0 atom stereocenters. The standard InChI is InChI=1S/C17H14BrN7O/c1-11-8-14(25-17(21-11)19-10-20-25)16(26)22-15-6-7-24(23-15)9-12-2-4-13(18)5-3-12/h2-8,10H,9H2,1H3,(H,22,23,26). The van der Waals surface area contributed by atoms with Crippen molar-refractivity contribution in [3.63, 3.8) is 0 Å². The molecule has 3 heterocycles. The van der Waals surface area contributed by atoms with Gasteiger partial charge in [0, 0.05) is 22.4 Å². The first-order valence-corrected chi connectivity index (χ1v) is 8.64. The van der Waals surface area contributed by atoms with Crippen molar-refractivity contribution in [3.05, 3.63) is 70.3 Å². The Kier molecular flexibility index (Phi) is 4.21. The maximum Gasteiger partial charge on any atom is 0.275 e. The topological polar surface area (TPSA) is 90.0 Å². The smallest absolute Gasteiger partial charge is 0.275 e. The van der Waals surface area contributed by atoms with Crippen LogP contribution in [0.25, 0.3) is 5.78 Å². The van der Waals surface area contributed by atoms with Crippen molar-refractivity contribution < 1.29 is 4.79 Å². The van der Waals surface area contributed by atoms with E-state index >= 15 is 0 Å². The minimum absolute atomic E-state index is 0.320. The van der Waals surface area contributed by atoms with Crippen LogP contribution in [0.3, 0.4) is 0 Å². The second-order valence-electron chi connectivity index (χ2n) is 5.73. The lowest BCUT2D eigenvalue weighted by Gasteiger charge is -2.05. The lowest BCUT2D eigenvalue weighted by Crippen LogP contribution is -2.18. The van der Waals surface area contributed by atoms with Crippen molar-refractivity contribution in [1.82, 2.24) is 29.4 Å². The third kappa shape index (κ3) is 3.33. The number of anilines is 1. The summed E-state index contributed by atoms with van der Waals surface area (Å²) in [7, 11) is 0. The number of fused-ring (bicyclic) bond motifs is 1. The molecule has 0 spiro atoms. The molecule has 0 unspecified atom stereocenters. The zero-order valence-electron chi connectivity index (χ0n) is 13.8. The van der Waals surface area contributed by atoms with Crippen LogP contribution in [0.4, 0.5) is 5.82 Å². The van der Waals surface area contributed by atoms with Crippen molar-refractivity contribution in [2.45, 2.75) is 13.5 Å². The summed E-state index contributed by atoms with van der Waals surface area (Å²) in [5.74, 6) is 0.533. The van der Waals surface area contributed by atoms with Gasteiger partial charge < -0.3 is 5.32 Å². The van der Waals surface area contributed by atoms with E-state index in [4.69, 9.17) is 0 Å². The molecule has 0 saturated carbocycles. The first-order chi connectivity index (χ1) is 12.6. The van der Waals surface area contributed by atoms with Gasteiger partial charge in [-0.15, -0.1) is 0 Å². The first-order valence-electron chi connectivity index (χ1n) is 7.85. The van der Waals surface area contributed by atoms with Crippen LogP contribution in [0.5, 0.6) is 0 Å². The minimum Gasteiger partial charge on any atom is -0.304 e. The average molecular weight is 412 g/mol. The number of aromatic nitrogens is 6. The Labute approximate surface area is 157 Å². The Hall–Kier alpha value is -3.07. The summed E-state index contributed by atoms with van der Waals surface area (Å²) in [6, 6.07) is 11.4. The van der Waals surface area contributed by atoms with Crippen LogP contribution in [-0.4, -0.2) is 35.3 Å². The summed E-state index contributed by atoms with van der Waals surface area (Å²) < 4.78 is 4.20. The largest absolute Gasteiger partial charge is 0.304 e. The van der Waals surface area contributed by atoms with E-state index in [0.29, 0.717) is 29.5 Å². The number of hydrogen-bond donors (Lipinski definition) is 1. The number of hydrogen-bond acceptors (Lipinski definition) is 5. The Balaban J connectivity index is 1.52. The van der Waals surface area contributed by atoms with E-state index in [9.17, 15) is 4.79 Å². The molecule has 1 N–H and O–H groups in total. The normalized spacial score (nSPS) is 11.0. The zero-order valence-corrected chi connectivity index (χ0v) is 15.4. The fraction of sp³-hybridized carbons (Fsp3) is 0.118. The van der Waals surface area contributed by atoms with E-state index in [1.54, 1.807) is 23.7 Å². The highest BCUT2D eigenvalue weighted by atomic mass is 79.9. The van der Waals surface area contributed by atoms with Gasteiger partial charge in [-0.3, -0.25) is 9.48 Å². The van der Waals surface area contributed by atoms with Crippen LogP contribution in [0, 0.1) is 6.92 Å². The maximum absolute atomic E-state index is 12.6. The lowest BCUT2D eigenvalue weighted by atomic mass is 10.2. The summed E-state index contributed by atoms with van der Waals surface area (Å²) in [5, 5.41) is 11.2. The molecule has 0 fully saturated rings. The molecule has 1 amide bonds. The van der Waals surface area contributed by atoms with Crippen LogP contribution in [0.15, 0.2) is 53.4 Å². The second kappa shape index (κ2) is 6.68. The Morgan fingerprint density at radius 2 is 2.04 bits per heavy atom. The van der Waals surface area contributed by atoms with Crippen molar-refractivity contribution in [2.75, 3.05) is 5.32 Å². The number of halogens is 1. The van der Waals surface area contributed by atoms with Gasteiger partial charge in [-0.25, -0.2) is 4.98 Å². The molecule has 9 heteroatoms. The molecule has 0 aliphatic carbocycles. The zero-order chi connectivity index (χ0) is 18.1. The van der Waals surface area contributed by atoms with Gasteiger partial charge in [0.15, 0.2) is 5.82 Å². The van der Waals surface area contributed by atoms with Crippen molar-refractivity contribution >= 4 is 33.4 Å². The number of nitrogens with zero attached hydrogens (tertiary/aromatic N) is 6. The third-order valence-electron chi connectivity index (χ3n) is 3.75. The molecule has 0 radical (unpaired) electrons. The van der Waals surface area contributed by atoms with Gasteiger partial charge in [-0.1, -0.05) is 28.1 Å². The Bertz CT molecular complexity index is 1080. The van der Waals surface area contributed by atoms with E-state index < -0.39 is 0 Å². The third-order valence-corrected chi connectivity index (χ3v) is 4.28. The predicted molar refractivity (Wildman–Crippen MR) is 98.9 cm³/mol. The van der Waals surface area contributed by atoms with Crippen LogP contribution < -0.4 is 5.32 Å². The molecule has 0 saturated heterocycles. The minimum atomic E-state index is -0.320. The molecular formula is C17H14BrN7O. The number of carbonyl (C=O) groups is 1. The molecule has 1 aromatic carbocycles. The van der Waals surface area contributed by atoms with Gasteiger partial charge in [0.2, 0.25) is 0 Å². The highest BCUT2D eigenvalue weighted by molar-refractivity contribution is 9.10. The van der Waals surface area contributed by atoms with E-state index in [1.807, 2.05) is 30.5 Å². The van der Waals surface area contributed by atoms with Gasteiger partial charge >= 0.3 is 0 Å². The molecule has 3 aromatic heterocycles. The van der Waals surface area contributed by atoms with Crippen molar-refractivity contribution in [3.8, 4) is 0 Å². The average Bonchev–Trinajstić information content (AvgIpc) is 3.25. The number of amides is 1. The predicted octanol–water partition coefficient (Wildman–Crippen LogP) is 2.69. The fourth-order valence-electron chi connectivity index (χ4n) is 2.57. The summed E-state index contributed by atoms with van der Waals surface area (Å²) in [4.78, 5) is 20.9. The monoisotopic (exact) mass is 411 g/mol. The molecule has 4 rings (SSSR count). The van der Waals surface area contributed by atoms with Gasteiger partial charge in [0.25, 0.3) is 11.7 Å². The summed E-state index contributed by atoms with van der Waals surface area (Å²) in [6.45, 7) is 2.42. The number of rotatable bonds is 4. The van der Waals surface area contributed by atoms with Crippen LogP contribution in [0.2, 0.25) is 0 Å². The van der Waals surface area contributed by atoms with Gasteiger partial charge in [-0.2, -0.15) is 19.7 Å². The number of benzene rings is 1. The van der Waals surface area contributed by atoms with Gasteiger partial charge in [-0.05, 0) is 30.7 Å². The SMILES string of the molecule is Cc1cc(C(=O)Nc2ccn(Cc3ccc(Br)cc3)n2)n2ncnc2n1. The molecule has 0 bridgehead atoms. The van der Waals surface area contributed by atoms with Crippen LogP contribution >= 0.6 is 15.9 Å². The molecule has 4 aromatic rings. The van der Waals surface area contributed by atoms with E-state index in [1.165, 1.54) is 10.8 Å². The molecule has 0 aliphatic heterocycles. The molecular weight excluding hydrogens is 398 g/mol. The highest BCUT2D eigenvalue weighted by Gasteiger charge is 2.15. The molecule has 8 nitrogen and oxygen atoms in total. The van der Waals surface area contributed by atoms with E-state index in [2.05, 4.69) is 41.4 Å². The Morgan fingerprint density at radius 1 is 1.23 bits per heavy atom. The Morgan fingerprint density at radius 3 is 2.85 bits per heavy atom. The quantitative estimate of drug-likeness (QED) is 0.557. The molecule has 26 heavy (non-hydrogen) atoms. The number of aryl methyl sites for hydroxylation is 1. The van der Waals surface area contributed by atoms with Crippen LogP contribution in [0.1, 0.15) is 21.7 Å². The first kappa shape index (κ1) is 16.4. The summed E-state index contributed by atoms with van der Waals surface area (Å²) in [6.07, 6.45) is 3.19. The lowest BCUT2D eigenvalue weighted by molar-refractivity contribution is 0.101. The number of carbonyl (C=O) groups excluding carboxylic acids is 1. The van der Waals surface area contributed by atoms with E-state index in [-0.39, 0.29) is 5.91 Å². The fourth-order valence-corrected chi connectivity index (χ4v) is 2.83. The molecule has 0 aliphatic rings. The van der Waals surface area contributed by atoms with Crippen molar-refractivity contribution in [2.24, 2.45) is 0 Å². The van der Waals surface area contributed by atoms with Crippen LogP contribution in [-0.2, 0) is 6.54 Å². The highest BCUT2D eigenvalue weighted by Crippen LogP contribution is 2.13. The van der Waals surface area contributed by atoms with Crippen molar-refractivity contribution in [1.29, 1.82) is 0 Å². The molecule has 130 valence electrons. The van der Waals surface area contributed by atoms with Gasteiger partial charge in [0.1, 0.15) is 12.0 Å².